The fraction of sp³-hybridized carbons (Fsp3) is 0.192. The molecule has 4 rings (SSSR count). The van der Waals surface area contributed by atoms with Crippen LogP contribution in [0.15, 0.2) is 81.6 Å². The molecule has 0 saturated heterocycles. The number of sulfonamides is 1. The molecule has 1 N–H and O–H groups in total. The Morgan fingerprint density at radius 2 is 1.75 bits per heavy atom. The van der Waals surface area contributed by atoms with Gasteiger partial charge in [0.25, 0.3) is 15.9 Å². The average molecular weight is 506 g/mol. The van der Waals surface area contributed by atoms with Crippen LogP contribution in [-0.2, 0) is 14.8 Å². The number of hydrogen-bond donors (Lipinski definition) is 1. The van der Waals surface area contributed by atoms with Gasteiger partial charge in [0.15, 0.2) is 11.5 Å². The van der Waals surface area contributed by atoms with Gasteiger partial charge >= 0.3 is 0 Å². The number of nitrogens with one attached hydrogen (secondary N) is 1. The fourth-order valence-electron chi connectivity index (χ4n) is 3.65. The standard InChI is InChI=1S/C26H27N5O4S/c1-17-16-19(30(2)3)12-15-21(17)28-24(26(32)27-18-10-13-20(35-5)14-11-18)25-29-22-8-6-7-9-23(22)36(33,34)31(25)4/h6-16H,1-5H3,(H,27,32)/b28-24-. The summed E-state index contributed by atoms with van der Waals surface area (Å²) in [7, 11) is 2.84. The Labute approximate surface area is 210 Å². The third-order valence-electron chi connectivity index (χ3n) is 5.73. The number of carbonyl (C=O) groups excluding carboxylic acids is 1. The molecule has 0 saturated carbocycles. The van der Waals surface area contributed by atoms with E-state index in [0.29, 0.717) is 17.1 Å². The van der Waals surface area contributed by atoms with Crippen molar-refractivity contribution in [2.45, 2.75) is 11.8 Å². The van der Waals surface area contributed by atoms with E-state index in [0.717, 1.165) is 15.6 Å². The highest BCUT2D eigenvalue weighted by Crippen LogP contribution is 2.32. The predicted molar refractivity (Wildman–Crippen MR) is 143 cm³/mol. The number of anilines is 2. The number of amides is 1. The van der Waals surface area contributed by atoms with Gasteiger partial charge in [-0.1, -0.05) is 12.1 Å². The molecule has 1 aliphatic heterocycles. The average Bonchev–Trinajstić information content (AvgIpc) is 2.86. The van der Waals surface area contributed by atoms with E-state index in [4.69, 9.17) is 4.74 Å². The Hall–Kier alpha value is -4.18. The molecule has 186 valence electrons. The van der Waals surface area contributed by atoms with Crippen LogP contribution in [0.3, 0.4) is 0 Å². The Morgan fingerprint density at radius 3 is 2.39 bits per heavy atom. The van der Waals surface area contributed by atoms with E-state index >= 15 is 0 Å². The number of benzene rings is 3. The molecule has 0 spiro atoms. The normalized spacial score (nSPS) is 14.5. The van der Waals surface area contributed by atoms with Gasteiger partial charge in [-0.15, -0.1) is 0 Å². The van der Waals surface area contributed by atoms with Crippen molar-refractivity contribution in [2.24, 2.45) is 9.98 Å². The Bertz CT molecular complexity index is 1480. The van der Waals surface area contributed by atoms with Gasteiger partial charge in [0.2, 0.25) is 0 Å². The second-order valence-electron chi connectivity index (χ2n) is 8.38. The lowest BCUT2D eigenvalue weighted by atomic mass is 10.1. The molecule has 0 aromatic heterocycles. The molecule has 0 fully saturated rings. The van der Waals surface area contributed by atoms with Gasteiger partial charge in [-0.3, -0.25) is 9.10 Å². The zero-order valence-electron chi connectivity index (χ0n) is 20.7. The monoisotopic (exact) mass is 505 g/mol. The van der Waals surface area contributed by atoms with Crippen molar-refractivity contribution in [1.29, 1.82) is 0 Å². The van der Waals surface area contributed by atoms with E-state index in [1.54, 1.807) is 55.6 Å². The van der Waals surface area contributed by atoms with Gasteiger partial charge in [0, 0.05) is 32.5 Å². The lowest BCUT2D eigenvalue weighted by Gasteiger charge is -2.26. The second-order valence-corrected chi connectivity index (χ2v) is 10.3. The van der Waals surface area contributed by atoms with Gasteiger partial charge in [-0.25, -0.2) is 18.4 Å². The van der Waals surface area contributed by atoms with Gasteiger partial charge < -0.3 is 15.0 Å². The Kier molecular flexibility index (Phi) is 6.80. The number of methoxy groups -OCH3 is 1. The lowest BCUT2D eigenvalue weighted by Crippen LogP contribution is -2.44. The van der Waals surface area contributed by atoms with Crippen LogP contribution in [0, 0.1) is 6.92 Å². The molecule has 10 heteroatoms. The van der Waals surface area contributed by atoms with Gasteiger partial charge in [0.1, 0.15) is 10.6 Å². The van der Waals surface area contributed by atoms with Gasteiger partial charge in [-0.2, -0.15) is 0 Å². The van der Waals surface area contributed by atoms with Crippen LogP contribution in [0.4, 0.5) is 22.7 Å². The number of para-hydroxylation sites is 1. The summed E-state index contributed by atoms with van der Waals surface area (Å²) in [5.41, 5.74) is 2.92. The highest BCUT2D eigenvalue weighted by Gasteiger charge is 2.36. The number of aryl methyl sites for hydroxylation is 1. The third kappa shape index (κ3) is 4.80. The summed E-state index contributed by atoms with van der Waals surface area (Å²) in [6, 6.07) is 18.8. The summed E-state index contributed by atoms with van der Waals surface area (Å²) in [5, 5.41) is 2.80. The maximum absolute atomic E-state index is 13.5. The number of hydrogen-bond acceptors (Lipinski definition) is 7. The molecule has 3 aromatic rings. The van der Waals surface area contributed by atoms with Crippen LogP contribution < -0.4 is 15.0 Å². The minimum Gasteiger partial charge on any atom is -0.497 e. The topological polar surface area (TPSA) is 104 Å². The highest BCUT2D eigenvalue weighted by molar-refractivity contribution is 7.90. The Morgan fingerprint density at radius 1 is 1.06 bits per heavy atom. The smallest absolute Gasteiger partial charge is 0.278 e. The van der Waals surface area contributed by atoms with E-state index in [9.17, 15) is 13.2 Å². The molecule has 3 aromatic carbocycles. The summed E-state index contributed by atoms with van der Waals surface area (Å²) >= 11 is 0. The zero-order valence-corrected chi connectivity index (χ0v) is 21.5. The molecule has 0 radical (unpaired) electrons. The summed E-state index contributed by atoms with van der Waals surface area (Å²) < 4.78 is 32.7. The third-order valence-corrected chi connectivity index (χ3v) is 7.53. The van der Waals surface area contributed by atoms with Crippen molar-refractivity contribution >= 4 is 50.2 Å². The van der Waals surface area contributed by atoms with E-state index in [-0.39, 0.29) is 22.1 Å². The molecule has 0 bridgehead atoms. The number of carbonyl (C=O) groups is 1. The molecular formula is C26H27N5O4S. The second kappa shape index (κ2) is 9.82. The van der Waals surface area contributed by atoms with Crippen molar-refractivity contribution in [3.8, 4) is 5.75 Å². The summed E-state index contributed by atoms with van der Waals surface area (Å²) in [4.78, 5) is 24.7. The molecule has 0 unspecified atom stereocenters. The first-order chi connectivity index (χ1) is 17.1. The maximum atomic E-state index is 13.5. The van der Waals surface area contributed by atoms with E-state index < -0.39 is 15.9 Å². The van der Waals surface area contributed by atoms with E-state index in [1.807, 2.05) is 38.1 Å². The molecule has 0 aliphatic carbocycles. The first kappa shape index (κ1) is 24.9. The van der Waals surface area contributed by atoms with Crippen molar-refractivity contribution in [3.05, 3.63) is 72.3 Å². The number of fused-ring (bicyclic) bond motifs is 1. The number of nitrogens with zero attached hydrogens (tertiary/aromatic N) is 4. The Balaban J connectivity index is 1.84. The molecule has 36 heavy (non-hydrogen) atoms. The molecule has 1 aliphatic rings. The van der Waals surface area contributed by atoms with Crippen LogP contribution in [0.1, 0.15) is 5.56 Å². The predicted octanol–water partition coefficient (Wildman–Crippen LogP) is 4.15. The van der Waals surface area contributed by atoms with Crippen LogP contribution >= 0.6 is 0 Å². The van der Waals surface area contributed by atoms with Crippen molar-refractivity contribution < 1.29 is 17.9 Å². The van der Waals surface area contributed by atoms with Crippen LogP contribution in [-0.4, -0.2) is 58.4 Å². The molecule has 1 heterocycles. The summed E-state index contributed by atoms with van der Waals surface area (Å²) in [6.45, 7) is 1.88. The summed E-state index contributed by atoms with van der Waals surface area (Å²) in [6.07, 6.45) is 0. The van der Waals surface area contributed by atoms with Crippen LogP contribution in [0.2, 0.25) is 0 Å². The largest absolute Gasteiger partial charge is 0.497 e. The van der Waals surface area contributed by atoms with Crippen molar-refractivity contribution in [3.63, 3.8) is 0 Å². The maximum Gasteiger partial charge on any atom is 0.278 e. The molecule has 1 amide bonds. The first-order valence-corrected chi connectivity index (χ1v) is 12.5. The molecule has 0 atom stereocenters. The van der Waals surface area contributed by atoms with Crippen LogP contribution in [0.25, 0.3) is 0 Å². The van der Waals surface area contributed by atoms with E-state index in [1.165, 1.54) is 13.1 Å². The summed E-state index contributed by atoms with van der Waals surface area (Å²) in [5.74, 6) is -0.0372. The van der Waals surface area contributed by atoms with Gasteiger partial charge in [-0.05, 0) is 67.1 Å². The fourth-order valence-corrected chi connectivity index (χ4v) is 4.92. The minimum absolute atomic E-state index is 0.0673. The zero-order chi connectivity index (χ0) is 26.0. The number of amidine groups is 1. The molecular weight excluding hydrogens is 478 g/mol. The quantitative estimate of drug-likeness (QED) is 0.507. The van der Waals surface area contributed by atoms with Crippen molar-refractivity contribution in [1.82, 2.24) is 4.31 Å². The number of ether oxygens (including phenoxy) is 1. The highest BCUT2D eigenvalue weighted by atomic mass is 32.2. The lowest BCUT2D eigenvalue weighted by molar-refractivity contribution is -0.110. The van der Waals surface area contributed by atoms with Crippen molar-refractivity contribution in [2.75, 3.05) is 38.5 Å². The van der Waals surface area contributed by atoms with Crippen LogP contribution in [0.5, 0.6) is 5.75 Å². The number of aliphatic imine (C=N–C) groups is 2. The number of rotatable bonds is 6. The van der Waals surface area contributed by atoms with E-state index in [2.05, 4.69) is 15.3 Å². The first-order valence-electron chi connectivity index (χ1n) is 11.1. The molecule has 9 nitrogen and oxygen atoms in total. The SMILES string of the molecule is COc1ccc(NC(=O)/C(=N\c2ccc(N(C)C)cc2C)C2=Nc3ccccc3S(=O)(=O)N2C)cc1. The minimum atomic E-state index is -3.93. The van der Waals surface area contributed by atoms with Gasteiger partial charge in [0.05, 0.1) is 18.5 Å².